The van der Waals surface area contributed by atoms with Gasteiger partial charge in [-0.2, -0.15) is 0 Å². The van der Waals surface area contributed by atoms with Crippen molar-refractivity contribution in [3.63, 3.8) is 0 Å². The van der Waals surface area contributed by atoms with Gasteiger partial charge >= 0.3 is 0 Å². The molecule has 2 heterocycles. The minimum absolute atomic E-state index is 0.169. The number of hydrogen-bond donors (Lipinski definition) is 2. The number of nitrogens with one attached hydrogen (secondary N) is 2. The molecule has 3 aromatic rings. The number of aromatic amines is 1. The molecule has 2 aromatic carbocycles. The van der Waals surface area contributed by atoms with Gasteiger partial charge in [-0.1, -0.05) is 48.5 Å². The summed E-state index contributed by atoms with van der Waals surface area (Å²) in [7, 11) is 1.57. The maximum atomic E-state index is 12.9. The molecule has 1 aliphatic rings. The van der Waals surface area contributed by atoms with Gasteiger partial charge in [-0.25, -0.2) is 4.98 Å². The molecule has 0 aliphatic carbocycles. The van der Waals surface area contributed by atoms with E-state index in [1.807, 2.05) is 54.6 Å². The highest BCUT2D eigenvalue weighted by molar-refractivity contribution is 5.94. The predicted molar refractivity (Wildman–Crippen MR) is 98.4 cm³/mol. The zero-order valence-corrected chi connectivity index (χ0v) is 14.2. The number of carbonyl (C=O) groups is 1. The van der Waals surface area contributed by atoms with Gasteiger partial charge in [0.15, 0.2) is 0 Å². The Morgan fingerprint density at radius 2 is 1.77 bits per heavy atom. The van der Waals surface area contributed by atoms with E-state index in [1.165, 1.54) is 0 Å². The fraction of sp³-hybridized carbons (Fsp3) is 0.150. The molecular formula is C20H17N3O3. The van der Waals surface area contributed by atoms with Crippen molar-refractivity contribution in [3.05, 3.63) is 76.1 Å². The van der Waals surface area contributed by atoms with Gasteiger partial charge in [0.1, 0.15) is 17.4 Å². The highest BCUT2D eigenvalue weighted by atomic mass is 16.5. The Kier molecular flexibility index (Phi) is 4.01. The van der Waals surface area contributed by atoms with E-state index in [1.54, 1.807) is 7.11 Å². The van der Waals surface area contributed by atoms with Crippen LogP contribution < -0.4 is 15.6 Å². The normalized spacial score (nSPS) is 15.9. The van der Waals surface area contributed by atoms with Gasteiger partial charge in [-0.15, -0.1) is 0 Å². The van der Waals surface area contributed by atoms with Crippen molar-refractivity contribution >= 4 is 11.7 Å². The number of ether oxygens (including phenoxy) is 1. The van der Waals surface area contributed by atoms with Gasteiger partial charge in [0.05, 0.1) is 12.7 Å². The molecule has 0 bridgehead atoms. The molecule has 0 saturated carbocycles. The number of nitrogens with zero attached hydrogens (tertiary/aromatic N) is 1. The molecule has 0 fully saturated rings. The smallest absolute Gasteiger partial charge is 0.257 e. The SMILES string of the molecule is COc1ccccc1C1CC(=O)Nc2nc(-c3ccccc3)[nH]c(=O)c21. The first-order valence-corrected chi connectivity index (χ1v) is 8.30. The lowest BCUT2D eigenvalue weighted by atomic mass is 9.86. The Morgan fingerprint density at radius 1 is 1.04 bits per heavy atom. The molecule has 0 saturated heterocycles. The number of aromatic nitrogens is 2. The number of benzene rings is 2. The van der Waals surface area contributed by atoms with E-state index in [4.69, 9.17) is 4.74 Å². The number of rotatable bonds is 3. The van der Waals surface area contributed by atoms with Gasteiger partial charge in [0, 0.05) is 23.5 Å². The van der Waals surface area contributed by atoms with Crippen molar-refractivity contribution < 1.29 is 9.53 Å². The lowest BCUT2D eigenvalue weighted by Crippen LogP contribution is -2.31. The summed E-state index contributed by atoms with van der Waals surface area (Å²) in [5.41, 5.74) is 1.77. The molecule has 0 radical (unpaired) electrons. The fourth-order valence-corrected chi connectivity index (χ4v) is 3.32. The van der Waals surface area contributed by atoms with Crippen LogP contribution in [0, 0.1) is 0 Å². The van der Waals surface area contributed by atoms with E-state index >= 15 is 0 Å². The molecule has 1 unspecified atom stereocenters. The molecule has 1 atom stereocenters. The van der Waals surface area contributed by atoms with E-state index < -0.39 is 5.92 Å². The summed E-state index contributed by atoms with van der Waals surface area (Å²) >= 11 is 0. The molecule has 6 heteroatoms. The molecule has 4 rings (SSSR count). The zero-order chi connectivity index (χ0) is 18.1. The summed E-state index contributed by atoms with van der Waals surface area (Å²) in [6.45, 7) is 0. The summed E-state index contributed by atoms with van der Waals surface area (Å²) in [6.07, 6.45) is 0.169. The summed E-state index contributed by atoms with van der Waals surface area (Å²) in [5.74, 6) is 0.793. The number of para-hydroxylation sites is 1. The largest absolute Gasteiger partial charge is 0.496 e. The number of anilines is 1. The van der Waals surface area contributed by atoms with Gasteiger partial charge in [-0.3, -0.25) is 9.59 Å². The highest BCUT2D eigenvalue weighted by Gasteiger charge is 2.32. The van der Waals surface area contributed by atoms with Crippen LogP contribution in [0.3, 0.4) is 0 Å². The maximum absolute atomic E-state index is 12.9. The number of methoxy groups -OCH3 is 1. The third-order valence-corrected chi connectivity index (χ3v) is 4.51. The van der Waals surface area contributed by atoms with Crippen molar-refractivity contribution in [2.24, 2.45) is 0 Å². The molecule has 1 amide bonds. The second-order valence-electron chi connectivity index (χ2n) is 6.09. The van der Waals surface area contributed by atoms with Crippen LogP contribution in [0.15, 0.2) is 59.4 Å². The number of fused-ring (bicyclic) bond motifs is 1. The van der Waals surface area contributed by atoms with Crippen molar-refractivity contribution in [3.8, 4) is 17.1 Å². The summed E-state index contributed by atoms with van der Waals surface area (Å²) < 4.78 is 5.42. The van der Waals surface area contributed by atoms with Crippen molar-refractivity contribution in [1.29, 1.82) is 0 Å². The highest BCUT2D eigenvalue weighted by Crippen LogP contribution is 2.38. The summed E-state index contributed by atoms with van der Waals surface area (Å²) in [4.78, 5) is 32.5. The Labute approximate surface area is 149 Å². The van der Waals surface area contributed by atoms with Gasteiger partial charge < -0.3 is 15.0 Å². The maximum Gasteiger partial charge on any atom is 0.257 e. The van der Waals surface area contributed by atoms with Crippen LogP contribution >= 0.6 is 0 Å². The molecule has 130 valence electrons. The summed E-state index contributed by atoms with van der Waals surface area (Å²) in [6, 6.07) is 16.7. The van der Waals surface area contributed by atoms with E-state index in [0.29, 0.717) is 23.0 Å². The van der Waals surface area contributed by atoms with Crippen LogP contribution in [-0.4, -0.2) is 23.0 Å². The predicted octanol–water partition coefficient (Wildman–Crippen LogP) is 2.92. The van der Waals surface area contributed by atoms with E-state index in [9.17, 15) is 9.59 Å². The third-order valence-electron chi connectivity index (χ3n) is 4.51. The monoisotopic (exact) mass is 347 g/mol. The number of carbonyl (C=O) groups excluding carboxylic acids is 1. The van der Waals surface area contributed by atoms with Crippen molar-refractivity contribution in [2.75, 3.05) is 12.4 Å². The van der Waals surface area contributed by atoms with Crippen LogP contribution in [0.4, 0.5) is 5.82 Å². The number of amides is 1. The molecule has 26 heavy (non-hydrogen) atoms. The minimum Gasteiger partial charge on any atom is -0.496 e. The second kappa shape index (κ2) is 6.48. The van der Waals surface area contributed by atoms with Crippen molar-refractivity contribution in [2.45, 2.75) is 12.3 Å². The average molecular weight is 347 g/mol. The van der Waals surface area contributed by atoms with E-state index in [2.05, 4.69) is 15.3 Å². The average Bonchev–Trinajstić information content (AvgIpc) is 2.67. The zero-order valence-electron chi connectivity index (χ0n) is 14.2. The summed E-state index contributed by atoms with van der Waals surface area (Å²) in [5, 5.41) is 2.74. The topological polar surface area (TPSA) is 84.1 Å². The number of H-pyrrole nitrogens is 1. The first-order valence-electron chi connectivity index (χ1n) is 8.30. The van der Waals surface area contributed by atoms with Crippen LogP contribution in [0.25, 0.3) is 11.4 Å². The molecular weight excluding hydrogens is 330 g/mol. The van der Waals surface area contributed by atoms with Crippen LogP contribution in [0.2, 0.25) is 0 Å². The van der Waals surface area contributed by atoms with Crippen LogP contribution in [0.5, 0.6) is 5.75 Å². The molecule has 1 aliphatic heterocycles. The van der Waals surface area contributed by atoms with Gasteiger partial charge in [0.25, 0.3) is 5.56 Å². The second-order valence-corrected chi connectivity index (χ2v) is 6.09. The van der Waals surface area contributed by atoms with Crippen molar-refractivity contribution in [1.82, 2.24) is 9.97 Å². The Balaban J connectivity index is 1.88. The fourth-order valence-electron chi connectivity index (χ4n) is 3.32. The van der Waals surface area contributed by atoms with Gasteiger partial charge in [0.2, 0.25) is 5.91 Å². The van der Waals surface area contributed by atoms with E-state index in [0.717, 1.165) is 11.1 Å². The third kappa shape index (κ3) is 2.75. The standard InChI is InChI=1S/C20H17N3O3/c1-26-15-10-6-5-9-13(15)14-11-16(24)21-19-17(14)20(25)23-18(22-19)12-7-3-2-4-8-12/h2-10,14H,11H2,1H3,(H2,21,22,23,24,25). The minimum atomic E-state index is -0.407. The first kappa shape index (κ1) is 16.1. The lowest BCUT2D eigenvalue weighted by molar-refractivity contribution is -0.116. The Bertz CT molecular complexity index is 1030. The van der Waals surface area contributed by atoms with Crippen LogP contribution in [0.1, 0.15) is 23.5 Å². The molecule has 2 N–H and O–H groups in total. The van der Waals surface area contributed by atoms with Gasteiger partial charge in [-0.05, 0) is 6.07 Å². The van der Waals surface area contributed by atoms with Crippen LogP contribution in [-0.2, 0) is 4.79 Å². The van der Waals surface area contributed by atoms with E-state index in [-0.39, 0.29) is 17.9 Å². The number of hydrogen-bond acceptors (Lipinski definition) is 4. The quantitative estimate of drug-likeness (QED) is 0.763. The molecule has 1 aromatic heterocycles. The Morgan fingerprint density at radius 3 is 2.54 bits per heavy atom. The molecule has 0 spiro atoms. The Hall–Kier alpha value is -3.41. The first-order chi connectivity index (χ1) is 12.7. The lowest BCUT2D eigenvalue weighted by Gasteiger charge is -2.25. The molecule has 6 nitrogen and oxygen atoms in total.